The van der Waals surface area contributed by atoms with E-state index in [4.69, 9.17) is 0 Å². The van der Waals surface area contributed by atoms with Crippen LogP contribution in [-0.2, 0) is 4.79 Å². The Morgan fingerprint density at radius 2 is 2.15 bits per heavy atom. The number of H-pyrrole nitrogens is 1. The van der Waals surface area contributed by atoms with E-state index in [9.17, 15) is 9.90 Å². The molecule has 2 aromatic heterocycles. The number of nitrogens with zero attached hydrogens (tertiary/aromatic N) is 3. The van der Waals surface area contributed by atoms with E-state index in [1.165, 1.54) is 6.33 Å². The summed E-state index contributed by atoms with van der Waals surface area (Å²) in [5.74, 6) is 0.353. The molecule has 0 radical (unpaired) electrons. The molecule has 3 N–H and O–H groups in total. The standard InChI is InChI=1S/C13H15N5O2/c19-13(20)8-6-1-2-7(3-6)9(8)18-12-10-11(15-4-14-10)16-5-17-12/h4-9H,1-3H2,(H,19,20)(H2,14,15,16,17,18). The summed E-state index contributed by atoms with van der Waals surface area (Å²) < 4.78 is 0. The molecule has 7 nitrogen and oxygen atoms in total. The van der Waals surface area contributed by atoms with Crippen LogP contribution in [0.15, 0.2) is 12.7 Å². The Bertz CT molecular complexity index is 670. The zero-order valence-electron chi connectivity index (χ0n) is 10.8. The topological polar surface area (TPSA) is 104 Å². The lowest BCUT2D eigenvalue weighted by Gasteiger charge is -2.29. The molecule has 4 unspecified atom stereocenters. The lowest BCUT2D eigenvalue weighted by atomic mass is 9.84. The largest absolute Gasteiger partial charge is 0.481 e. The van der Waals surface area contributed by atoms with Crippen LogP contribution in [0.5, 0.6) is 0 Å². The van der Waals surface area contributed by atoms with Crippen LogP contribution >= 0.6 is 0 Å². The number of rotatable bonds is 3. The van der Waals surface area contributed by atoms with E-state index in [1.54, 1.807) is 6.33 Å². The first-order valence-electron chi connectivity index (χ1n) is 6.87. The van der Waals surface area contributed by atoms with Gasteiger partial charge in [-0.05, 0) is 31.1 Å². The Hall–Kier alpha value is -2.18. The van der Waals surface area contributed by atoms with Gasteiger partial charge in [0.25, 0.3) is 0 Å². The molecule has 4 atom stereocenters. The number of hydrogen-bond acceptors (Lipinski definition) is 5. The molecule has 0 aromatic carbocycles. The number of hydrogen-bond donors (Lipinski definition) is 3. The van der Waals surface area contributed by atoms with Crippen molar-refractivity contribution >= 4 is 23.0 Å². The van der Waals surface area contributed by atoms with Gasteiger partial charge < -0.3 is 15.4 Å². The zero-order valence-corrected chi connectivity index (χ0v) is 10.8. The SMILES string of the molecule is O=C(O)C1C2CCC(C2)C1Nc1ncnc2nc[nH]c12. The maximum absolute atomic E-state index is 11.5. The lowest BCUT2D eigenvalue weighted by molar-refractivity contribution is -0.143. The van der Waals surface area contributed by atoms with Crippen molar-refractivity contribution in [2.24, 2.45) is 17.8 Å². The number of anilines is 1. The van der Waals surface area contributed by atoms with E-state index in [0.29, 0.717) is 23.3 Å². The Morgan fingerprint density at radius 3 is 3.00 bits per heavy atom. The predicted molar refractivity (Wildman–Crippen MR) is 71.1 cm³/mol. The second-order valence-corrected chi connectivity index (χ2v) is 5.69. The van der Waals surface area contributed by atoms with Gasteiger partial charge in [-0.25, -0.2) is 15.0 Å². The van der Waals surface area contributed by atoms with Gasteiger partial charge >= 0.3 is 5.97 Å². The highest BCUT2D eigenvalue weighted by molar-refractivity contribution is 5.82. The average molecular weight is 273 g/mol. The molecule has 2 saturated carbocycles. The van der Waals surface area contributed by atoms with Gasteiger partial charge in [0.05, 0.1) is 12.2 Å². The number of aliphatic carboxylic acids is 1. The summed E-state index contributed by atoms with van der Waals surface area (Å²) in [6, 6.07) is -0.0485. The van der Waals surface area contributed by atoms with Crippen LogP contribution in [0.4, 0.5) is 5.82 Å². The normalized spacial score (nSPS) is 31.8. The van der Waals surface area contributed by atoms with Crippen molar-refractivity contribution < 1.29 is 9.90 Å². The van der Waals surface area contributed by atoms with Crippen LogP contribution in [-0.4, -0.2) is 37.1 Å². The van der Waals surface area contributed by atoms with Gasteiger partial charge in [0, 0.05) is 6.04 Å². The quantitative estimate of drug-likeness (QED) is 0.778. The summed E-state index contributed by atoms with van der Waals surface area (Å²) >= 11 is 0. The van der Waals surface area contributed by atoms with Gasteiger partial charge in [-0.1, -0.05) is 0 Å². The number of imidazole rings is 1. The van der Waals surface area contributed by atoms with Crippen molar-refractivity contribution in [3.63, 3.8) is 0 Å². The van der Waals surface area contributed by atoms with Crippen molar-refractivity contribution in [3.8, 4) is 0 Å². The minimum atomic E-state index is -0.704. The Morgan fingerprint density at radius 1 is 1.30 bits per heavy atom. The van der Waals surface area contributed by atoms with Crippen LogP contribution in [0.25, 0.3) is 11.2 Å². The van der Waals surface area contributed by atoms with Crippen molar-refractivity contribution in [3.05, 3.63) is 12.7 Å². The van der Waals surface area contributed by atoms with Crippen molar-refractivity contribution in [2.75, 3.05) is 5.32 Å². The van der Waals surface area contributed by atoms with Crippen molar-refractivity contribution in [1.29, 1.82) is 0 Å². The van der Waals surface area contributed by atoms with Gasteiger partial charge in [0.2, 0.25) is 0 Å². The molecule has 104 valence electrons. The van der Waals surface area contributed by atoms with Crippen LogP contribution in [0.2, 0.25) is 0 Å². The third-order valence-electron chi connectivity index (χ3n) is 4.73. The monoisotopic (exact) mass is 273 g/mol. The van der Waals surface area contributed by atoms with Gasteiger partial charge in [0.1, 0.15) is 11.8 Å². The van der Waals surface area contributed by atoms with Gasteiger partial charge in [0.15, 0.2) is 11.5 Å². The highest BCUT2D eigenvalue weighted by Crippen LogP contribution is 2.49. The molecule has 2 heterocycles. The number of fused-ring (bicyclic) bond motifs is 3. The van der Waals surface area contributed by atoms with E-state index in [0.717, 1.165) is 24.8 Å². The summed E-state index contributed by atoms with van der Waals surface area (Å²) in [4.78, 5) is 26.9. The molecule has 20 heavy (non-hydrogen) atoms. The maximum Gasteiger partial charge on any atom is 0.308 e. The number of aromatic amines is 1. The highest BCUT2D eigenvalue weighted by atomic mass is 16.4. The summed E-state index contributed by atoms with van der Waals surface area (Å²) in [6.07, 6.45) is 6.16. The third kappa shape index (κ3) is 1.59. The zero-order chi connectivity index (χ0) is 13.7. The minimum Gasteiger partial charge on any atom is -0.481 e. The van der Waals surface area contributed by atoms with Gasteiger partial charge in [-0.15, -0.1) is 0 Å². The first-order valence-corrected chi connectivity index (χ1v) is 6.87. The number of carboxylic acids is 1. The van der Waals surface area contributed by atoms with Gasteiger partial charge in [-0.2, -0.15) is 0 Å². The van der Waals surface area contributed by atoms with E-state index in [2.05, 4.69) is 25.3 Å². The molecule has 0 amide bonds. The Balaban J connectivity index is 1.68. The number of carboxylic acid groups (broad SMARTS) is 1. The van der Waals surface area contributed by atoms with Crippen LogP contribution in [0.3, 0.4) is 0 Å². The summed E-state index contributed by atoms with van der Waals surface area (Å²) in [7, 11) is 0. The first-order chi connectivity index (χ1) is 9.74. The molecule has 2 aromatic rings. The van der Waals surface area contributed by atoms with Gasteiger partial charge in [-0.3, -0.25) is 4.79 Å². The number of carbonyl (C=O) groups is 1. The van der Waals surface area contributed by atoms with Crippen molar-refractivity contribution in [2.45, 2.75) is 25.3 Å². The average Bonchev–Trinajstić information content (AvgIpc) is 3.13. The fourth-order valence-corrected chi connectivity index (χ4v) is 3.89. The smallest absolute Gasteiger partial charge is 0.308 e. The van der Waals surface area contributed by atoms with E-state index in [1.807, 2.05) is 0 Å². The lowest BCUT2D eigenvalue weighted by Crippen LogP contribution is -2.39. The van der Waals surface area contributed by atoms with Crippen molar-refractivity contribution in [1.82, 2.24) is 19.9 Å². The summed E-state index contributed by atoms with van der Waals surface area (Å²) in [6.45, 7) is 0. The first kappa shape index (κ1) is 11.6. The third-order valence-corrected chi connectivity index (χ3v) is 4.73. The van der Waals surface area contributed by atoms with Crippen LogP contribution in [0.1, 0.15) is 19.3 Å². The summed E-state index contributed by atoms with van der Waals surface area (Å²) in [5.41, 5.74) is 1.33. The molecule has 0 spiro atoms. The summed E-state index contributed by atoms with van der Waals surface area (Å²) in [5, 5.41) is 12.8. The number of aromatic nitrogens is 4. The van der Waals surface area contributed by atoms with Crippen LogP contribution < -0.4 is 5.32 Å². The highest BCUT2D eigenvalue weighted by Gasteiger charge is 2.51. The van der Waals surface area contributed by atoms with E-state index >= 15 is 0 Å². The molecule has 0 saturated heterocycles. The maximum atomic E-state index is 11.5. The fourth-order valence-electron chi connectivity index (χ4n) is 3.89. The molecule has 2 aliphatic rings. The Kier molecular flexibility index (Phi) is 2.42. The molecule has 7 heteroatoms. The second-order valence-electron chi connectivity index (χ2n) is 5.69. The molecule has 4 rings (SSSR count). The predicted octanol–water partition coefficient (Wildman–Crippen LogP) is 1.26. The van der Waals surface area contributed by atoms with E-state index in [-0.39, 0.29) is 12.0 Å². The van der Waals surface area contributed by atoms with Crippen LogP contribution in [0, 0.1) is 17.8 Å². The molecular formula is C13H15N5O2. The van der Waals surface area contributed by atoms with E-state index < -0.39 is 5.97 Å². The fraction of sp³-hybridized carbons (Fsp3) is 0.538. The molecule has 2 aliphatic carbocycles. The number of nitrogens with one attached hydrogen (secondary N) is 2. The minimum absolute atomic E-state index is 0.0485. The molecular weight excluding hydrogens is 258 g/mol. The molecule has 0 aliphatic heterocycles. The molecule has 2 fully saturated rings. The Labute approximate surface area is 114 Å². The second kappa shape index (κ2) is 4.16. The molecule has 2 bridgehead atoms.